The zero-order valence-electron chi connectivity index (χ0n) is 15.2. The fourth-order valence-corrected chi connectivity index (χ4v) is 3.82. The van der Waals surface area contributed by atoms with Crippen LogP contribution in [0.25, 0.3) is 0 Å². The van der Waals surface area contributed by atoms with Crippen LogP contribution in [0.15, 0.2) is 24.3 Å². The Kier molecular flexibility index (Phi) is 6.08. The summed E-state index contributed by atoms with van der Waals surface area (Å²) in [4.78, 5) is 28.6. The number of likely N-dealkylation sites (tertiary alicyclic amines) is 1. The SMILES string of the molecule is CCN1CCC[C@@H](CNC(=O)c2ccc(N3CCCCC3=O)cc2)C1. The maximum atomic E-state index is 12.4. The van der Waals surface area contributed by atoms with E-state index >= 15 is 0 Å². The van der Waals surface area contributed by atoms with Crippen molar-refractivity contribution in [3.05, 3.63) is 29.8 Å². The predicted octanol–water partition coefficient (Wildman–Crippen LogP) is 2.67. The lowest BCUT2D eigenvalue weighted by molar-refractivity contribution is -0.119. The molecule has 3 rings (SSSR count). The van der Waals surface area contributed by atoms with E-state index in [0.717, 1.165) is 44.7 Å². The van der Waals surface area contributed by atoms with Crippen LogP contribution in [0, 0.1) is 5.92 Å². The minimum atomic E-state index is -0.0230. The van der Waals surface area contributed by atoms with E-state index in [1.54, 1.807) is 0 Å². The first-order valence-electron chi connectivity index (χ1n) is 9.58. The molecule has 1 atom stereocenters. The highest BCUT2D eigenvalue weighted by Gasteiger charge is 2.21. The van der Waals surface area contributed by atoms with Crippen LogP contribution in [0.5, 0.6) is 0 Å². The van der Waals surface area contributed by atoms with E-state index in [0.29, 0.717) is 17.9 Å². The lowest BCUT2D eigenvalue weighted by Gasteiger charge is -2.31. The molecular weight excluding hydrogens is 314 g/mol. The van der Waals surface area contributed by atoms with Gasteiger partial charge in [-0.25, -0.2) is 0 Å². The summed E-state index contributed by atoms with van der Waals surface area (Å²) in [5.74, 6) is 0.703. The van der Waals surface area contributed by atoms with Gasteiger partial charge in [0.05, 0.1) is 0 Å². The van der Waals surface area contributed by atoms with Gasteiger partial charge in [-0.1, -0.05) is 6.92 Å². The van der Waals surface area contributed by atoms with Crippen molar-refractivity contribution < 1.29 is 9.59 Å². The predicted molar refractivity (Wildman–Crippen MR) is 99.8 cm³/mol. The number of amides is 2. The first kappa shape index (κ1) is 17.9. The van der Waals surface area contributed by atoms with E-state index in [1.807, 2.05) is 29.2 Å². The van der Waals surface area contributed by atoms with Gasteiger partial charge in [0.25, 0.3) is 5.91 Å². The van der Waals surface area contributed by atoms with Crippen LogP contribution >= 0.6 is 0 Å². The molecule has 25 heavy (non-hydrogen) atoms. The Balaban J connectivity index is 1.53. The summed E-state index contributed by atoms with van der Waals surface area (Å²) in [6.07, 6.45) is 5.05. The van der Waals surface area contributed by atoms with Crippen molar-refractivity contribution in [3.63, 3.8) is 0 Å². The highest BCUT2D eigenvalue weighted by molar-refractivity contribution is 5.96. The molecule has 2 amide bonds. The molecule has 136 valence electrons. The monoisotopic (exact) mass is 343 g/mol. The molecule has 2 fully saturated rings. The zero-order chi connectivity index (χ0) is 17.6. The van der Waals surface area contributed by atoms with Gasteiger partial charge in [0.2, 0.25) is 5.91 Å². The average Bonchev–Trinajstić information content (AvgIpc) is 2.67. The van der Waals surface area contributed by atoms with Gasteiger partial charge >= 0.3 is 0 Å². The summed E-state index contributed by atoms with van der Waals surface area (Å²) in [6.45, 7) is 7.04. The van der Waals surface area contributed by atoms with E-state index in [4.69, 9.17) is 0 Å². The molecule has 2 heterocycles. The molecule has 1 aromatic carbocycles. The largest absolute Gasteiger partial charge is 0.352 e. The number of rotatable bonds is 5. The van der Waals surface area contributed by atoms with E-state index < -0.39 is 0 Å². The molecule has 1 aromatic rings. The quantitative estimate of drug-likeness (QED) is 0.894. The number of hydrogen-bond donors (Lipinski definition) is 1. The maximum Gasteiger partial charge on any atom is 0.251 e. The van der Waals surface area contributed by atoms with Crippen molar-refractivity contribution in [1.82, 2.24) is 10.2 Å². The summed E-state index contributed by atoms with van der Waals surface area (Å²) in [5.41, 5.74) is 1.56. The molecule has 2 aliphatic rings. The molecule has 0 bridgehead atoms. The highest BCUT2D eigenvalue weighted by Crippen LogP contribution is 2.21. The molecule has 0 spiro atoms. The number of nitrogens with zero attached hydrogens (tertiary/aromatic N) is 2. The molecule has 1 N–H and O–H groups in total. The fourth-order valence-electron chi connectivity index (χ4n) is 3.82. The van der Waals surface area contributed by atoms with Crippen molar-refractivity contribution in [2.24, 2.45) is 5.92 Å². The molecule has 0 aliphatic carbocycles. The summed E-state index contributed by atoms with van der Waals surface area (Å²) in [5, 5.41) is 3.07. The van der Waals surface area contributed by atoms with Crippen LogP contribution in [-0.2, 0) is 4.79 Å². The van der Waals surface area contributed by atoms with Gasteiger partial charge in [-0.3, -0.25) is 9.59 Å². The normalized spacial score (nSPS) is 22.0. The second kappa shape index (κ2) is 8.48. The summed E-state index contributed by atoms with van der Waals surface area (Å²) in [6, 6.07) is 7.42. The smallest absolute Gasteiger partial charge is 0.251 e. The lowest BCUT2D eigenvalue weighted by Crippen LogP contribution is -2.40. The Hall–Kier alpha value is -1.88. The molecule has 0 unspecified atom stereocenters. The second-order valence-electron chi connectivity index (χ2n) is 7.16. The number of nitrogens with one attached hydrogen (secondary N) is 1. The fraction of sp³-hybridized carbons (Fsp3) is 0.600. The van der Waals surface area contributed by atoms with E-state index in [2.05, 4.69) is 17.1 Å². The third kappa shape index (κ3) is 4.60. The van der Waals surface area contributed by atoms with Gasteiger partial charge < -0.3 is 15.1 Å². The van der Waals surface area contributed by atoms with Crippen LogP contribution in [0.1, 0.15) is 49.4 Å². The summed E-state index contributed by atoms with van der Waals surface area (Å²) >= 11 is 0. The summed E-state index contributed by atoms with van der Waals surface area (Å²) < 4.78 is 0. The Morgan fingerprint density at radius 1 is 1.16 bits per heavy atom. The van der Waals surface area contributed by atoms with E-state index in [1.165, 1.54) is 19.4 Å². The van der Waals surface area contributed by atoms with Gasteiger partial charge in [-0.2, -0.15) is 0 Å². The van der Waals surface area contributed by atoms with Crippen molar-refractivity contribution >= 4 is 17.5 Å². The molecule has 0 saturated carbocycles. The van der Waals surface area contributed by atoms with Crippen molar-refractivity contribution in [2.75, 3.05) is 37.6 Å². The molecule has 2 saturated heterocycles. The molecule has 0 aromatic heterocycles. The Labute approximate surface area is 150 Å². The Morgan fingerprint density at radius 2 is 1.96 bits per heavy atom. The van der Waals surface area contributed by atoms with Gasteiger partial charge in [0.1, 0.15) is 0 Å². The third-order valence-corrected chi connectivity index (χ3v) is 5.37. The second-order valence-corrected chi connectivity index (χ2v) is 7.16. The maximum absolute atomic E-state index is 12.4. The number of piperidine rings is 2. The molecule has 0 radical (unpaired) electrons. The Bertz CT molecular complexity index is 599. The number of anilines is 1. The number of carbonyl (C=O) groups excluding carboxylic acids is 2. The van der Waals surface area contributed by atoms with Crippen LogP contribution in [0.3, 0.4) is 0 Å². The third-order valence-electron chi connectivity index (χ3n) is 5.37. The standard InChI is InChI=1S/C20H29N3O2/c1-2-22-12-5-6-16(15-22)14-21-20(25)17-8-10-18(11-9-17)23-13-4-3-7-19(23)24/h8-11,16H,2-7,12-15H2,1H3,(H,21,25)/t16-/m0/s1. The number of hydrogen-bond acceptors (Lipinski definition) is 3. The molecule has 5 nitrogen and oxygen atoms in total. The van der Waals surface area contributed by atoms with Crippen LogP contribution in [-0.4, -0.2) is 49.4 Å². The van der Waals surface area contributed by atoms with Crippen molar-refractivity contribution in [3.8, 4) is 0 Å². The Morgan fingerprint density at radius 3 is 2.68 bits per heavy atom. The number of carbonyl (C=O) groups is 2. The van der Waals surface area contributed by atoms with Gasteiger partial charge in [0.15, 0.2) is 0 Å². The first-order chi connectivity index (χ1) is 12.2. The van der Waals surface area contributed by atoms with Crippen LogP contribution < -0.4 is 10.2 Å². The van der Waals surface area contributed by atoms with Gasteiger partial charge in [0, 0.05) is 37.3 Å². The molecule has 5 heteroatoms. The van der Waals surface area contributed by atoms with Crippen LogP contribution in [0.2, 0.25) is 0 Å². The van der Waals surface area contributed by atoms with Gasteiger partial charge in [-0.15, -0.1) is 0 Å². The topological polar surface area (TPSA) is 52.7 Å². The highest BCUT2D eigenvalue weighted by atomic mass is 16.2. The minimum absolute atomic E-state index is 0.0230. The molecular formula is C20H29N3O2. The minimum Gasteiger partial charge on any atom is -0.352 e. The summed E-state index contributed by atoms with van der Waals surface area (Å²) in [7, 11) is 0. The first-order valence-corrected chi connectivity index (χ1v) is 9.58. The lowest BCUT2D eigenvalue weighted by atomic mass is 9.98. The number of benzene rings is 1. The van der Waals surface area contributed by atoms with Crippen molar-refractivity contribution in [2.45, 2.75) is 39.0 Å². The van der Waals surface area contributed by atoms with Crippen molar-refractivity contribution in [1.29, 1.82) is 0 Å². The van der Waals surface area contributed by atoms with E-state index in [-0.39, 0.29) is 11.8 Å². The van der Waals surface area contributed by atoms with Crippen LogP contribution in [0.4, 0.5) is 5.69 Å². The zero-order valence-corrected chi connectivity index (χ0v) is 15.2. The van der Waals surface area contributed by atoms with Gasteiger partial charge in [-0.05, 0) is 69.0 Å². The van der Waals surface area contributed by atoms with E-state index in [9.17, 15) is 9.59 Å². The molecule has 2 aliphatic heterocycles. The average molecular weight is 343 g/mol.